The molecule has 62 valence electrons. The van der Waals surface area contributed by atoms with Crippen molar-refractivity contribution >= 4 is 11.5 Å². The first-order valence-corrected chi connectivity index (χ1v) is 3.90. The van der Waals surface area contributed by atoms with Crippen molar-refractivity contribution in [2.75, 3.05) is 5.73 Å². The smallest absolute Gasteiger partial charge is 0.157 e. The number of hydrogen-bond donors (Lipinski definition) is 1. The lowest BCUT2D eigenvalue weighted by Gasteiger charge is -1.91. The lowest BCUT2D eigenvalue weighted by molar-refractivity contribution is 0.888. The van der Waals surface area contributed by atoms with Crippen molar-refractivity contribution in [1.29, 1.82) is 0 Å². The van der Waals surface area contributed by atoms with Crippen LogP contribution in [0, 0.1) is 0 Å². The average molecular weight is 162 g/mol. The Bertz CT molecular complexity index is 404. The molecule has 2 rings (SSSR count). The van der Waals surface area contributed by atoms with Gasteiger partial charge in [0.05, 0.1) is 5.69 Å². The summed E-state index contributed by atoms with van der Waals surface area (Å²) in [5.74, 6) is 0.532. The molecule has 4 nitrogen and oxygen atoms in total. The summed E-state index contributed by atoms with van der Waals surface area (Å²) in [5, 5.41) is 4.27. The Balaban J connectivity index is 2.67. The monoisotopic (exact) mass is 162 g/mol. The van der Waals surface area contributed by atoms with Crippen molar-refractivity contribution in [3.05, 3.63) is 24.0 Å². The zero-order valence-corrected chi connectivity index (χ0v) is 6.86. The quantitative estimate of drug-likeness (QED) is 0.677. The van der Waals surface area contributed by atoms with E-state index in [1.165, 1.54) is 0 Å². The first-order valence-electron chi connectivity index (χ1n) is 3.90. The van der Waals surface area contributed by atoms with Gasteiger partial charge in [0.2, 0.25) is 0 Å². The summed E-state index contributed by atoms with van der Waals surface area (Å²) >= 11 is 0. The van der Waals surface area contributed by atoms with Gasteiger partial charge in [-0.3, -0.25) is 0 Å². The van der Waals surface area contributed by atoms with Crippen molar-refractivity contribution in [3.8, 4) is 0 Å². The van der Waals surface area contributed by atoms with Crippen molar-refractivity contribution in [2.45, 2.75) is 13.3 Å². The predicted octanol–water partition coefficient (Wildman–Crippen LogP) is 0.874. The first kappa shape index (κ1) is 7.09. The number of anilines is 1. The molecule has 0 unspecified atom stereocenters. The fraction of sp³-hybridized carbons (Fsp3) is 0.250. The zero-order chi connectivity index (χ0) is 8.55. The van der Waals surface area contributed by atoms with Gasteiger partial charge in [0.15, 0.2) is 5.65 Å². The van der Waals surface area contributed by atoms with E-state index >= 15 is 0 Å². The Hall–Kier alpha value is -1.58. The van der Waals surface area contributed by atoms with Gasteiger partial charge < -0.3 is 5.73 Å². The van der Waals surface area contributed by atoms with Gasteiger partial charge in [-0.25, -0.2) is 9.50 Å². The second-order valence-corrected chi connectivity index (χ2v) is 2.64. The molecule has 0 aromatic carbocycles. The van der Waals surface area contributed by atoms with Crippen LogP contribution in [0.4, 0.5) is 5.82 Å². The standard InChI is InChI=1S/C8H10N4/c1-2-6-5-8-10-7(9)3-4-12(8)11-6/h3-5H,2H2,1H3,(H2,9,10). The molecular formula is C8H10N4. The molecule has 2 heterocycles. The van der Waals surface area contributed by atoms with Gasteiger partial charge in [0.1, 0.15) is 5.82 Å². The fourth-order valence-electron chi connectivity index (χ4n) is 1.12. The van der Waals surface area contributed by atoms with Crippen LogP contribution in [0.15, 0.2) is 18.3 Å². The molecule has 0 aliphatic carbocycles. The van der Waals surface area contributed by atoms with Gasteiger partial charge in [0.25, 0.3) is 0 Å². The highest BCUT2D eigenvalue weighted by atomic mass is 15.2. The molecule has 0 fully saturated rings. The van der Waals surface area contributed by atoms with Crippen molar-refractivity contribution < 1.29 is 0 Å². The topological polar surface area (TPSA) is 56.2 Å². The minimum absolute atomic E-state index is 0.532. The minimum atomic E-state index is 0.532. The van der Waals surface area contributed by atoms with E-state index in [9.17, 15) is 0 Å². The number of nitrogens with two attached hydrogens (primary N) is 1. The van der Waals surface area contributed by atoms with Crippen LogP contribution in [0.3, 0.4) is 0 Å². The maximum absolute atomic E-state index is 5.52. The van der Waals surface area contributed by atoms with E-state index < -0.39 is 0 Å². The first-order chi connectivity index (χ1) is 5.79. The lowest BCUT2D eigenvalue weighted by Crippen LogP contribution is -1.94. The third kappa shape index (κ3) is 1.01. The number of nitrogens with zero attached hydrogens (tertiary/aromatic N) is 3. The number of hydrogen-bond acceptors (Lipinski definition) is 3. The van der Waals surface area contributed by atoms with E-state index in [2.05, 4.69) is 17.0 Å². The van der Waals surface area contributed by atoms with Crippen LogP contribution in [0.1, 0.15) is 12.6 Å². The summed E-state index contributed by atoms with van der Waals surface area (Å²) in [7, 11) is 0. The molecule has 0 saturated heterocycles. The van der Waals surface area contributed by atoms with Gasteiger partial charge in [-0.1, -0.05) is 6.92 Å². The van der Waals surface area contributed by atoms with Crippen molar-refractivity contribution in [3.63, 3.8) is 0 Å². The second-order valence-electron chi connectivity index (χ2n) is 2.64. The molecular weight excluding hydrogens is 152 g/mol. The molecule has 0 aliphatic heterocycles. The third-order valence-corrected chi connectivity index (χ3v) is 1.76. The maximum atomic E-state index is 5.52. The van der Waals surface area contributed by atoms with Crippen molar-refractivity contribution in [1.82, 2.24) is 14.6 Å². The van der Waals surface area contributed by atoms with Crippen LogP contribution in [0.2, 0.25) is 0 Å². The molecule has 0 bridgehead atoms. The second kappa shape index (κ2) is 2.48. The Morgan fingerprint density at radius 2 is 2.42 bits per heavy atom. The number of aryl methyl sites for hydroxylation is 1. The predicted molar refractivity (Wildman–Crippen MR) is 46.8 cm³/mol. The zero-order valence-electron chi connectivity index (χ0n) is 6.86. The molecule has 2 aromatic rings. The number of fused-ring (bicyclic) bond motifs is 1. The molecule has 0 saturated carbocycles. The molecule has 2 aromatic heterocycles. The third-order valence-electron chi connectivity index (χ3n) is 1.76. The average Bonchev–Trinajstić information content (AvgIpc) is 2.46. The number of rotatable bonds is 1. The lowest BCUT2D eigenvalue weighted by atomic mass is 10.3. The van der Waals surface area contributed by atoms with E-state index in [0.29, 0.717) is 5.82 Å². The Morgan fingerprint density at radius 3 is 3.17 bits per heavy atom. The van der Waals surface area contributed by atoms with Gasteiger partial charge in [-0.15, -0.1) is 0 Å². The normalized spacial score (nSPS) is 10.8. The largest absolute Gasteiger partial charge is 0.384 e. The summed E-state index contributed by atoms with van der Waals surface area (Å²) in [6.07, 6.45) is 2.74. The Morgan fingerprint density at radius 1 is 1.58 bits per heavy atom. The van der Waals surface area contributed by atoms with Gasteiger partial charge in [0, 0.05) is 12.3 Å². The molecule has 2 N–H and O–H groups in total. The van der Waals surface area contributed by atoms with E-state index in [-0.39, 0.29) is 0 Å². The summed E-state index contributed by atoms with van der Waals surface area (Å²) in [4.78, 5) is 4.12. The Kier molecular flexibility index (Phi) is 1.46. The summed E-state index contributed by atoms with van der Waals surface area (Å²) in [5.41, 5.74) is 7.37. The fourth-order valence-corrected chi connectivity index (χ4v) is 1.12. The van der Waals surface area contributed by atoms with Gasteiger partial charge >= 0.3 is 0 Å². The summed E-state index contributed by atoms with van der Waals surface area (Å²) in [6, 6.07) is 3.68. The number of aromatic nitrogens is 3. The van der Waals surface area contributed by atoms with Crippen molar-refractivity contribution in [2.24, 2.45) is 0 Å². The van der Waals surface area contributed by atoms with Crippen LogP contribution in [0.5, 0.6) is 0 Å². The number of nitrogen functional groups attached to an aromatic ring is 1. The van der Waals surface area contributed by atoms with Crippen LogP contribution in [-0.2, 0) is 6.42 Å². The molecule has 0 amide bonds. The summed E-state index contributed by atoms with van der Waals surface area (Å²) < 4.78 is 1.73. The molecule has 0 spiro atoms. The summed E-state index contributed by atoms with van der Waals surface area (Å²) in [6.45, 7) is 2.06. The SMILES string of the molecule is CCc1cc2nc(N)ccn2n1. The highest BCUT2D eigenvalue weighted by Gasteiger charge is 1.99. The minimum Gasteiger partial charge on any atom is -0.384 e. The molecule has 0 radical (unpaired) electrons. The molecule has 4 heteroatoms. The van der Waals surface area contributed by atoms with Crippen LogP contribution in [0.25, 0.3) is 5.65 Å². The maximum Gasteiger partial charge on any atom is 0.157 e. The van der Waals surface area contributed by atoms with E-state index in [1.807, 2.05) is 12.3 Å². The molecule has 0 atom stereocenters. The highest BCUT2D eigenvalue weighted by molar-refractivity contribution is 5.44. The molecule has 0 aliphatic rings. The van der Waals surface area contributed by atoms with Crippen LogP contribution < -0.4 is 5.73 Å². The van der Waals surface area contributed by atoms with E-state index in [1.54, 1.807) is 10.6 Å². The highest BCUT2D eigenvalue weighted by Crippen LogP contribution is 2.05. The molecule has 12 heavy (non-hydrogen) atoms. The van der Waals surface area contributed by atoms with Gasteiger partial charge in [-0.2, -0.15) is 5.10 Å². The van der Waals surface area contributed by atoms with E-state index in [4.69, 9.17) is 5.73 Å². The van der Waals surface area contributed by atoms with Crippen LogP contribution >= 0.6 is 0 Å². The van der Waals surface area contributed by atoms with Crippen LogP contribution in [-0.4, -0.2) is 14.6 Å². The van der Waals surface area contributed by atoms with E-state index in [0.717, 1.165) is 17.8 Å². The Labute approximate surface area is 70.0 Å². The van der Waals surface area contributed by atoms with Gasteiger partial charge in [-0.05, 0) is 12.5 Å².